The van der Waals surface area contributed by atoms with Gasteiger partial charge in [0.1, 0.15) is 13.2 Å². The van der Waals surface area contributed by atoms with E-state index in [0.29, 0.717) is 11.1 Å². The fraction of sp³-hybridized carbons (Fsp3) is 0.0909. The lowest BCUT2D eigenvalue weighted by Gasteiger charge is -2.11. The van der Waals surface area contributed by atoms with E-state index < -0.39 is 12.0 Å². The van der Waals surface area contributed by atoms with E-state index in [-0.39, 0.29) is 24.6 Å². The van der Waals surface area contributed by atoms with E-state index >= 15 is 0 Å². The smallest absolute Gasteiger partial charge is 0.407 e. The van der Waals surface area contributed by atoms with Gasteiger partial charge in [0.05, 0.1) is 11.9 Å². The lowest BCUT2D eigenvalue weighted by molar-refractivity contribution is -0.115. The van der Waals surface area contributed by atoms with Crippen LogP contribution in [0.5, 0.6) is 0 Å². The highest BCUT2D eigenvalue weighted by Crippen LogP contribution is 2.18. The molecule has 7 nitrogen and oxygen atoms in total. The Labute approximate surface area is 167 Å². The van der Waals surface area contributed by atoms with Crippen molar-refractivity contribution >= 4 is 23.5 Å². The summed E-state index contributed by atoms with van der Waals surface area (Å²) in [6.45, 7) is -0.200. The third kappa shape index (κ3) is 5.74. The van der Waals surface area contributed by atoms with Crippen molar-refractivity contribution in [3.05, 3.63) is 95.8 Å². The number of carbonyl (C=O) groups is 3. The molecule has 0 atom stereocenters. The van der Waals surface area contributed by atoms with Crippen LogP contribution in [-0.2, 0) is 16.1 Å². The topological polar surface area (TPSA) is 97.4 Å². The Morgan fingerprint density at radius 2 is 1.59 bits per heavy atom. The molecule has 146 valence electrons. The molecular weight excluding hydrogens is 370 g/mol. The van der Waals surface area contributed by atoms with E-state index in [1.165, 1.54) is 18.5 Å². The maximum absolute atomic E-state index is 12.7. The number of ether oxygens (including phenoxy) is 1. The van der Waals surface area contributed by atoms with E-state index in [2.05, 4.69) is 15.6 Å². The van der Waals surface area contributed by atoms with Gasteiger partial charge in [-0.2, -0.15) is 0 Å². The number of hydrogen-bond acceptors (Lipinski definition) is 5. The van der Waals surface area contributed by atoms with Gasteiger partial charge in [-0.05, 0) is 11.6 Å². The number of pyridine rings is 1. The predicted molar refractivity (Wildman–Crippen MR) is 107 cm³/mol. The zero-order chi connectivity index (χ0) is 20.5. The highest BCUT2D eigenvalue weighted by molar-refractivity contribution is 6.13. The van der Waals surface area contributed by atoms with Gasteiger partial charge in [0.25, 0.3) is 0 Å². The Balaban J connectivity index is 1.54. The summed E-state index contributed by atoms with van der Waals surface area (Å²) in [6, 6.07) is 19.5. The lowest BCUT2D eigenvalue weighted by atomic mass is 10.0. The van der Waals surface area contributed by atoms with Crippen molar-refractivity contribution in [2.24, 2.45) is 0 Å². The summed E-state index contributed by atoms with van der Waals surface area (Å²) in [5.41, 5.74) is 1.92. The van der Waals surface area contributed by atoms with Crippen LogP contribution in [0.15, 0.2) is 79.1 Å². The van der Waals surface area contributed by atoms with Crippen LogP contribution in [0.4, 0.5) is 10.5 Å². The van der Waals surface area contributed by atoms with Gasteiger partial charge < -0.3 is 15.4 Å². The van der Waals surface area contributed by atoms with E-state index in [1.54, 1.807) is 24.3 Å². The van der Waals surface area contributed by atoms with E-state index in [9.17, 15) is 14.4 Å². The minimum atomic E-state index is -0.712. The third-order valence-corrected chi connectivity index (χ3v) is 3.98. The number of hydrogen-bond donors (Lipinski definition) is 2. The number of nitrogens with zero attached hydrogens (tertiary/aromatic N) is 1. The van der Waals surface area contributed by atoms with Crippen molar-refractivity contribution in [1.82, 2.24) is 10.3 Å². The quantitative estimate of drug-likeness (QED) is 0.605. The number of alkyl carbamates (subject to hydrolysis) is 1. The summed E-state index contributed by atoms with van der Waals surface area (Å²) >= 11 is 0. The number of aromatic nitrogens is 1. The highest BCUT2D eigenvalue weighted by Gasteiger charge is 2.15. The summed E-state index contributed by atoms with van der Waals surface area (Å²) in [6.07, 6.45) is 2.16. The molecule has 0 saturated heterocycles. The van der Waals surface area contributed by atoms with Crippen molar-refractivity contribution in [3.63, 3.8) is 0 Å². The second kappa shape index (κ2) is 9.80. The number of anilines is 1. The van der Waals surface area contributed by atoms with Crippen molar-refractivity contribution in [3.8, 4) is 0 Å². The first-order valence-corrected chi connectivity index (χ1v) is 8.91. The summed E-state index contributed by atoms with van der Waals surface area (Å²) in [7, 11) is 0. The average molecular weight is 389 g/mol. The zero-order valence-electron chi connectivity index (χ0n) is 15.5. The highest BCUT2D eigenvalue weighted by atomic mass is 16.5. The molecule has 0 aliphatic heterocycles. The van der Waals surface area contributed by atoms with Crippen LogP contribution >= 0.6 is 0 Å². The largest absolute Gasteiger partial charge is 0.445 e. The van der Waals surface area contributed by atoms with Gasteiger partial charge >= 0.3 is 6.09 Å². The minimum Gasteiger partial charge on any atom is -0.445 e. The van der Waals surface area contributed by atoms with Crippen LogP contribution in [0.3, 0.4) is 0 Å². The molecule has 0 unspecified atom stereocenters. The molecule has 3 aromatic rings. The van der Waals surface area contributed by atoms with Gasteiger partial charge in [-0.1, -0.05) is 60.7 Å². The Bertz CT molecular complexity index is 991. The number of carbonyl (C=O) groups excluding carboxylic acids is 3. The van der Waals surface area contributed by atoms with Crippen LogP contribution in [0.25, 0.3) is 0 Å². The number of rotatable bonds is 7. The van der Waals surface area contributed by atoms with Crippen molar-refractivity contribution in [1.29, 1.82) is 0 Å². The Kier molecular flexibility index (Phi) is 6.67. The summed E-state index contributed by atoms with van der Waals surface area (Å²) in [5.74, 6) is -0.740. The first-order chi connectivity index (χ1) is 14.1. The molecule has 0 spiro atoms. The Morgan fingerprint density at radius 3 is 2.31 bits per heavy atom. The Morgan fingerprint density at radius 1 is 0.897 bits per heavy atom. The molecule has 0 fully saturated rings. The first kappa shape index (κ1) is 19.8. The van der Waals surface area contributed by atoms with E-state index in [0.717, 1.165) is 5.56 Å². The second-order valence-corrected chi connectivity index (χ2v) is 6.08. The fourth-order valence-electron chi connectivity index (χ4n) is 2.56. The van der Waals surface area contributed by atoms with Crippen molar-refractivity contribution in [2.75, 3.05) is 11.9 Å². The first-order valence-electron chi connectivity index (χ1n) is 8.91. The maximum Gasteiger partial charge on any atom is 0.407 e. The third-order valence-electron chi connectivity index (χ3n) is 3.98. The Hall–Kier alpha value is -4.00. The standard InChI is InChI=1S/C22H19N3O4/c26-20(14-24-22(28)29-15-16-7-3-1-4-8-16)25-19-13-23-12-11-18(19)21(27)17-9-5-2-6-10-17/h1-13H,14-15H2,(H,24,28)(H,25,26). The normalized spacial score (nSPS) is 10.1. The molecule has 0 aliphatic rings. The second-order valence-electron chi connectivity index (χ2n) is 6.08. The fourth-order valence-corrected chi connectivity index (χ4v) is 2.56. The SMILES string of the molecule is O=C(CNC(=O)OCc1ccccc1)Nc1cnccc1C(=O)c1ccccc1. The van der Waals surface area contributed by atoms with Crippen molar-refractivity contribution in [2.45, 2.75) is 6.61 Å². The molecule has 0 saturated carbocycles. The van der Waals surface area contributed by atoms with E-state index in [1.807, 2.05) is 36.4 Å². The molecule has 2 amide bonds. The van der Waals surface area contributed by atoms with Gasteiger partial charge in [0.15, 0.2) is 5.78 Å². The number of nitrogens with one attached hydrogen (secondary N) is 2. The van der Waals surface area contributed by atoms with Crippen LogP contribution < -0.4 is 10.6 Å². The predicted octanol–water partition coefficient (Wildman–Crippen LogP) is 3.18. The average Bonchev–Trinajstić information content (AvgIpc) is 2.77. The molecule has 0 radical (unpaired) electrons. The zero-order valence-corrected chi connectivity index (χ0v) is 15.5. The molecule has 29 heavy (non-hydrogen) atoms. The molecule has 7 heteroatoms. The molecule has 3 rings (SSSR count). The lowest BCUT2D eigenvalue weighted by Crippen LogP contribution is -2.33. The maximum atomic E-state index is 12.7. The molecule has 1 aromatic heterocycles. The summed E-state index contributed by atoms with van der Waals surface area (Å²) in [5, 5.41) is 4.97. The van der Waals surface area contributed by atoms with Gasteiger partial charge in [0, 0.05) is 17.3 Å². The van der Waals surface area contributed by atoms with Crippen LogP contribution in [-0.4, -0.2) is 29.3 Å². The number of ketones is 1. The van der Waals surface area contributed by atoms with E-state index in [4.69, 9.17) is 4.74 Å². The summed E-state index contributed by atoms with van der Waals surface area (Å²) in [4.78, 5) is 40.6. The molecular formula is C22H19N3O4. The van der Waals surface area contributed by atoms with Crippen LogP contribution in [0.2, 0.25) is 0 Å². The molecule has 0 bridgehead atoms. The van der Waals surface area contributed by atoms with Gasteiger partial charge in [-0.3, -0.25) is 14.6 Å². The number of amides is 2. The monoisotopic (exact) mass is 389 g/mol. The summed E-state index contributed by atoms with van der Waals surface area (Å²) < 4.78 is 5.05. The van der Waals surface area contributed by atoms with Crippen LogP contribution in [0.1, 0.15) is 21.5 Å². The van der Waals surface area contributed by atoms with Crippen LogP contribution in [0, 0.1) is 0 Å². The molecule has 0 aliphatic carbocycles. The minimum absolute atomic E-state index is 0.104. The number of benzene rings is 2. The molecule has 2 N–H and O–H groups in total. The molecule has 1 heterocycles. The molecule has 2 aromatic carbocycles. The van der Waals surface area contributed by atoms with Gasteiger partial charge in [-0.25, -0.2) is 4.79 Å². The van der Waals surface area contributed by atoms with Gasteiger partial charge in [-0.15, -0.1) is 0 Å². The van der Waals surface area contributed by atoms with Crippen molar-refractivity contribution < 1.29 is 19.1 Å². The van der Waals surface area contributed by atoms with Gasteiger partial charge in [0.2, 0.25) is 5.91 Å².